The van der Waals surface area contributed by atoms with Gasteiger partial charge >= 0.3 is 0 Å². The predicted molar refractivity (Wildman–Crippen MR) is 94.3 cm³/mol. The van der Waals surface area contributed by atoms with E-state index in [0.29, 0.717) is 22.0 Å². The third kappa shape index (κ3) is 3.38. The van der Waals surface area contributed by atoms with E-state index in [1.807, 2.05) is 36.4 Å². The van der Waals surface area contributed by atoms with Crippen LogP contribution in [0.15, 0.2) is 52.2 Å². The van der Waals surface area contributed by atoms with Gasteiger partial charge in [0.2, 0.25) is 10.6 Å². The molecule has 0 spiro atoms. The Hall–Kier alpha value is -2.32. The molecule has 8 heteroatoms. The lowest BCUT2D eigenvalue weighted by Crippen LogP contribution is -1.97. The third-order valence-electron chi connectivity index (χ3n) is 3.05. The number of hydrogen-bond acceptors (Lipinski definition) is 5. The van der Waals surface area contributed by atoms with E-state index in [4.69, 9.17) is 17.0 Å². The minimum atomic E-state index is 0.385. The van der Waals surface area contributed by atoms with Gasteiger partial charge < -0.3 is 4.74 Å². The number of ether oxygens (including phenoxy) is 1. The smallest absolute Gasteiger partial charge is 0.216 e. The molecule has 2 heterocycles. The lowest BCUT2D eigenvalue weighted by molar-refractivity contribution is 0.414. The molecule has 0 bridgehead atoms. The summed E-state index contributed by atoms with van der Waals surface area (Å²) in [6, 6.07) is 11.2. The maximum atomic E-state index is 5.33. The van der Waals surface area contributed by atoms with Crippen molar-refractivity contribution in [2.24, 2.45) is 5.10 Å². The predicted octanol–water partition coefficient (Wildman–Crippen LogP) is 3.66. The first kappa shape index (κ1) is 15.6. The van der Waals surface area contributed by atoms with Gasteiger partial charge in [-0.1, -0.05) is 22.0 Å². The molecular formula is C15H12BrN5OS. The highest BCUT2D eigenvalue weighted by atomic mass is 79.9. The van der Waals surface area contributed by atoms with Gasteiger partial charge in [-0.25, -0.2) is 5.10 Å². The Morgan fingerprint density at radius 2 is 2.22 bits per heavy atom. The van der Waals surface area contributed by atoms with Crippen LogP contribution in [0.4, 0.5) is 0 Å². The summed E-state index contributed by atoms with van der Waals surface area (Å²) in [5.41, 5.74) is 1.50. The number of rotatable bonds is 4. The Morgan fingerprint density at radius 1 is 1.35 bits per heavy atom. The van der Waals surface area contributed by atoms with E-state index < -0.39 is 0 Å². The molecule has 0 saturated carbocycles. The molecule has 3 aromatic rings. The van der Waals surface area contributed by atoms with Crippen molar-refractivity contribution in [3.63, 3.8) is 0 Å². The highest BCUT2D eigenvalue weighted by Gasteiger charge is 2.09. The Labute approximate surface area is 146 Å². The zero-order chi connectivity index (χ0) is 16.2. The molecular weight excluding hydrogens is 378 g/mol. The van der Waals surface area contributed by atoms with Crippen LogP contribution < -0.4 is 4.74 Å². The quantitative estimate of drug-likeness (QED) is 0.546. The standard InChI is InChI=1S/C15H12BrN5OS/c1-22-13-6-5-11(16)8-10(13)9-18-21-14(19-20-15(21)23)12-4-2-3-7-17-12/h2-9H,1H3,(H,20,23)/b18-9+. The van der Waals surface area contributed by atoms with Crippen LogP contribution in [0.2, 0.25) is 0 Å². The fraction of sp³-hybridized carbons (Fsp3) is 0.0667. The van der Waals surface area contributed by atoms with Crippen molar-refractivity contribution in [2.45, 2.75) is 0 Å². The van der Waals surface area contributed by atoms with Crippen LogP contribution in [-0.2, 0) is 0 Å². The molecule has 1 N–H and O–H groups in total. The zero-order valence-corrected chi connectivity index (χ0v) is 14.5. The second-order valence-electron chi connectivity index (χ2n) is 4.51. The molecule has 3 rings (SSSR count). The number of nitrogens with zero attached hydrogens (tertiary/aromatic N) is 4. The number of H-pyrrole nitrogens is 1. The van der Waals surface area contributed by atoms with Crippen molar-refractivity contribution in [1.29, 1.82) is 0 Å². The summed E-state index contributed by atoms with van der Waals surface area (Å²) < 4.78 is 8.17. The first-order chi connectivity index (χ1) is 11.2. The van der Waals surface area contributed by atoms with Crippen LogP contribution in [0.25, 0.3) is 11.5 Å². The van der Waals surface area contributed by atoms with Crippen molar-refractivity contribution >= 4 is 34.4 Å². The van der Waals surface area contributed by atoms with E-state index in [1.54, 1.807) is 19.5 Å². The van der Waals surface area contributed by atoms with Crippen molar-refractivity contribution in [2.75, 3.05) is 7.11 Å². The summed E-state index contributed by atoms with van der Waals surface area (Å²) in [5.74, 6) is 1.26. The fourth-order valence-corrected chi connectivity index (χ4v) is 2.54. The number of hydrogen-bond donors (Lipinski definition) is 1. The maximum absolute atomic E-state index is 5.33. The summed E-state index contributed by atoms with van der Waals surface area (Å²) in [6.07, 6.45) is 3.36. The highest BCUT2D eigenvalue weighted by molar-refractivity contribution is 9.10. The molecule has 116 valence electrons. The van der Waals surface area contributed by atoms with Gasteiger partial charge in [-0.15, -0.1) is 0 Å². The molecule has 0 aliphatic heterocycles. The van der Waals surface area contributed by atoms with E-state index in [0.717, 1.165) is 10.0 Å². The maximum Gasteiger partial charge on any atom is 0.216 e. The number of aromatic nitrogens is 4. The van der Waals surface area contributed by atoms with Gasteiger partial charge in [-0.3, -0.25) is 4.98 Å². The largest absolute Gasteiger partial charge is 0.496 e. The Bertz CT molecular complexity index is 904. The molecule has 1 aromatic carbocycles. The number of pyridine rings is 1. The normalized spacial score (nSPS) is 11.0. The van der Waals surface area contributed by atoms with Crippen molar-refractivity contribution < 1.29 is 4.74 Å². The van der Waals surface area contributed by atoms with Gasteiger partial charge in [-0.05, 0) is 42.5 Å². The Kier molecular flexibility index (Phi) is 4.63. The molecule has 0 fully saturated rings. The van der Waals surface area contributed by atoms with Crippen LogP contribution in [0.3, 0.4) is 0 Å². The molecule has 0 aliphatic carbocycles. The number of aromatic amines is 1. The van der Waals surface area contributed by atoms with Crippen molar-refractivity contribution in [3.8, 4) is 17.3 Å². The van der Waals surface area contributed by atoms with Crippen molar-refractivity contribution in [3.05, 3.63) is 57.4 Å². The van der Waals surface area contributed by atoms with Crippen LogP contribution in [0, 0.1) is 4.77 Å². The second-order valence-corrected chi connectivity index (χ2v) is 5.81. The molecule has 0 aliphatic rings. The van der Waals surface area contributed by atoms with Crippen LogP contribution in [0.1, 0.15) is 5.56 Å². The molecule has 0 atom stereocenters. The minimum Gasteiger partial charge on any atom is -0.496 e. The van der Waals surface area contributed by atoms with E-state index >= 15 is 0 Å². The number of benzene rings is 1. The van der Waals surface area contributed by atoms with Gasteiger partial charge in [0, 0.05) is 16.2 Å². The van der Waals surface area contributed by atoms with E-state index in [2.05, 4.69) is 36.2 Å². The first-order valence-corrected chi connectivity index (χ1v) is 7.86. The molecule has 2 aromatic heterocycles. The monoisotopic (exact) mass is 389 g/mol. The average molecular weight is 390 g/mol. The number of halogens is 1. The molecule has 23 heavy (non-hydrogen) atoms. The van der Waals surface area contributed by atoms with E-state index in [-0.39, 0.29) is 0 Å². The van der Waals surface area contributed by atoms with E-state index in [1.165, 1.54) is 4.68 Å². The van der Waals surface area contributed by atoms with Gasteiger partial charge in [0.05, 0.1) is 13.3 Å². The summed E-state index contributed by atoms with van der Waals surface area (Å²) in [6.45, 7) is 0. The minimum absolute atomic E-state index is 0.385. The summed E-state index contributed by atoms with van der Waals surface area (Å²) >= 11 is 8.67. The Balaban J connectivity index is 2.03. The van der Waals surface area contributed by atoms with Gasteiger partial charge in [0.1, 0.15) is 11.4 Å². The molecule has 0 amide bonds. The molecule has 0 saturated heterocycles. The summed E-state index contributed by atoms with van der Waals surface area (Å²) in [4.78, 5) is 4.27. The van der Waals surface area contributed by atoms with Gasteiger partial charge in [0.15, 0.2) is 0 Å². The molecule has 6 nitrogen and oxygen atoms in total. The summed E-state index contributed by atoms with van der Waals surface area (Å²) in [5, 5.41) is 11.3. The van der Waals surface area contributed by atoms with Crippen LogP contribution in [-0.4, -0.2) is 33.2 Å². The molecule has 0 radical (unpaired) electrons. The number of methoxy groups -OCH3 is 1. The Morgan fingerprint density at radius 3 is 2.96 bits per heavy atom. The van der Waals surface area contributed by atoms with E-state index in [9.17, 15) is 0 Å². The second kappa shape index (κ2) is 6.84. The molecule has 0 unspecified atom stereocenters. The van der Waals surface area contributed by atoms with Gasteiger partial charge in [-0.2, -0.15) is 14.9 Å². The van der Waals surface area contributed by atoms with Gasteiger partial charge in [0.25, 0.3) is 0 Å². The van der Waals surface area contributed by atoms with Crippen LogP contribution in [0.5, 0.6) is 5.75 Å². The zero-order valence-electron chi connectivity index (χ0n) is 12.1. The third-order valence-corrected chi connectivity index (χ3v) is 3.81. The fourth-order valence-electron chi connectivity index (χ4n) is 1.99. The van der Waals surface area contributed by atoms with Crippen LogP contribution >= 0.6 is 28.1 Å². The lowest BCUT2D eigenvalue weighted by atomic mass is 10.2. The highest BCUT2D eigenvalue weighted by Crippen LogP contribution is 2.21. The topological polar surface area (TPSA) is 68.1 Å². The van der Waals surface area contributed by atoms with Crippen molar-refractivity contribution in [1.82, 2.24) is 19.9 Å². The average Bonchev–Trinajstić information content (AvgIpc) is 2.94. The first-order valence-electron chi connectivity index (χ1n) is 6.66. The summed E-state index contributed by atoms with van der Waals surface area (Å²) in [7, 11) is 1.61. The SMILES string of the molecule is COc1ccc(Br)cc1/C=N/n1c(-c2ccccn2)n[nH]c1=S. The number of nitrogens with one attached hydrogen (secondary N) is 1. The lowest BCUT2D eigenvalue weighted by Gasteiger charge is -2.05.